The summed E-state index contributed by atoms with van der Waals surface area (Å²) in [6.07, 6.45) is 2.48. The number of halogens is 3. The number of aliphatic hydroxyl groups excluding tert-OH is 1. The largest absolute Gasteiger partial charge is 0.487 e. The van der Waals surface area contributed by atoms with Gasteiger partial charge < -0.3 is 25.0 Å². The molecule has 9 nitrogen and oxygen atoms in total. The Labute approximate surface area is 204 Å². The van der Waals surface area contributed by atoms with Gasteiger partial charge in [-0.1, -0.05) is 0 Å². The third-order valence-electron chi connectivity index (χ3n) is 5.29. The van der Waals surface area contributed by atoms with Crippen molar-refractivity contribution in [3.05, 3.63) is 54.2 Å². The number of alkyl halides is 3. The third kappa shape index (κ3) is 6.08. The van der Waals surface area contributed by atoms with Crippen molar-refractivity contribution in [3.8, 4) is 17.0 Å². The van der Waals surface area contributed by atoms with Crippen LogP contribution in [0.25, 0.3) is 11.3 Å². The van der Waals surface area contributed by atoms with Gasteiger partial charge in [0.1, 0.15) is 16.6 Å². The molecule has 1 aliphatic rings. The second-order valence-electron chi connectivity index (χ2n) is 8.02. The van der Waals surface area contributed by atoms with Gasteiger partial charge in [-0.25, -0.2) is 13.4 Å². The number of aromatic amines is 1. The molecule has 13 heteroatoms. The van der Waals surface area contributed by atoms with E-state index in [-0.39, 0.29) is 16.3 Å². The van der Waals surface area contributed by atoms with Gasteiger partial charge in [-0.05, 0) is 48.9 Å². The van der Waals surface area contributed by atoms with E-state index in [4.69, 9.17) is 11.6 Å². The number of nitrogens with zero attached hydrogens (tertiary/aromatic N) is 2. The van der Waals surface area contributed by atoms with Crippen LogP contribution < -0.4 is 15.0 Å². The highest BCUT2D eigenvalue weighted by Crippen LogP contribution is 2.32. The maximum Gasteiger partial charge on any atom is 0.487 e. The first-order valence-electron chi connectivity index (χ1n) is 10.4. The number of rotatable bonds is 7. The Morgan fingerprint density at radius 2 is 2.00 bits per heavy atom. The molecule has 4 rings (SSSR count). The Hall–Kier alpha value is -3.22. The fourth-order valence-corrected chi connectivity index (χ4v) is 4.36. The van der Waals surface area contributed by atoms with Crippen molar-refractivity contribution in [2.75, 3.05) is 29.6 Å². The zero-order valence-electron chi connectivity index (χ0n) is 18.3. The van der Waals surface area contributed by atoms with E-state index in [1.807, 2.05) is 4.90 Å². The van der Waals surface area contributed by atoms with Crippen LogP contribution >= 0.6 is 11.6 Å². The van der Waals surface area contributed by atoms with E-state index in [1.165, 1.54) is 36.5 Å². The van der Waals surface area contributed by atoms with Gasteiger partial charge >= 0.3 is 5.57 Å². The number of hydrogen-bond donors (Lipinski definition) is 3. The Bertz CT molecular complexity index is 1340. The van der Waals surface area contributed by atoms with Crippen LogP contribution in [0.2, 0.25) is 0 Å². The van der Waals surface area contributed by atoms with Crippen molar-refractivity contribution >= 4 is 38.9 Å². The molecule has 0 saturated carbocycles. The first-order valence-corrected chi connectivity index (χ1v) is 12.7. The predicted octanol–water partition coefficient (Wildman–Crippen LogP) is 3.47. The van der Waals surface area contributed by atoms with Crippen LogP contribution in [0.3, 0.4) is 0 Å². The molecule has 1 aromatic carbocycles. The van der Waals surface area contributed by atoms with Crippen molar-refractivity contribution in [2.24, 2.45) is 0 Å². The fourth-order valence-electron chi connectivity index (χ4n) is 3.66. The number of hydrogen-bond acceptors (Lipinski definition) is 7. The fraction of sp³-hybridized carbons (Fsp3) is 0.273. The number of ether oxygens (including phenoxy) is 1. The number of anilines is 2. The number of nitrogens with one attached hydrogen (secondary N) is 2. The maximum atomic E-state index is 12.9. The molecular formula is C22H21ClF2N4O5S. The summed E-state index contributed by atoms with van der Waals surface area (Å²) in [6, 6.07) is 9.75. The highest BCUT2D eigenvalue weighted by atomic mass is 35.5. The lowest BCUT2D eigenvalue weighted by Crippen LogP contribution is -2.23. The topological polar surface area (TPSA) is 125 Å². The summed E-state index contributed by atoms with van der Waals surface area (Å²) in [5, 5.41) is 12.6. The van der Waals surface area contributed by atoms with Gasteiger partial charge in [0.05, 0.1) is 17.4 Å². The lowest BCUT2D eigenvalue weighted by molar-refractivity contribution is -0.0964. The normalized spacial score (nSPS) is 16.4. The van der Waals surface area contributed by atoms with Gasteiger partial charge in [-0.3, -0.25) is 4.79 Å². The molecule has 0 spiro atoms. The lowest BCUT2D eigenvalue weighted by Gasteiger charge is -2.20. The van der Waals surface area contributed by atoms with E-state index in [9.17, 15) is 27.1 Å². The molecule has 0 unspecified atom stereocenters. The number of sulfone groups is 1. The third-order valence-corrected chi connectivity index (χ3v) is 6.40. The van der Waals surface area contributed by atoms with Crippen LogP contribution in [-0.2, 0) is 9.84 Å². The van der Waals surface area contributed by atoms with Crippen molar-refractivity contribution in [1.82, 2.24) is 9.97 Å². The molecule has 1 atom stereocenters. The van der Waals surface area contributed by atoms with Gasteiger partial charge in [0.15, 0.2) is 9.84 Å². The highest BCUT2D eigenvalue weighted by molar-refractivity contribution is 7.90. The van der Waals surface area contributed by atoms with Gasteiger partial charge in [0.25, 0.3) is 5.91 Å². The summed E-state index contributed by atoms with van der Waals surface area (Å²) in [5.41, 5.74) is -2.45. The average molecular weight is 527 g/mol. The van der Waals surface area contributed by atoms with Gasteiger partial charge in [0, 0.05) is 48.4 Å². The quantitative estimate of drug-likeness (QED) is 0.403. The zero-order valence-corrected chi connectivity index (χ0v) is 19.9. The minimum Gasteiger partial charge on any atom is -0.420 e. The number of aliphatic hydroxyl groups is 1. The Kier molecular flexibility index (Phi) is 6.71. The van der Waals surface area contributed by atoms with Crippen LogP contribution in [0, 0.1) is 0 Å². The Morgan fingerprint density at radius 3 is 2.57 bits per heavy atom. The summed E-state index contributed by atoms with van der Waals surface area (Å²) in [5.74, 6) is -0.223. The molecule has 35 heavy (non-hydrogen) atoms. The number of benzene rings is 1. The highest BCUT2D eigenvalue weighted by Gasteiger charge is 2.28. The Balaban J connectivity index is 1.62. The summed E-state index contributed by atoms with van der Waals surface area (Å²) < 4.78 is 53.6. The standard InChI is InChI=1S/C22H21ClF2N4O5S/c1-35(32,33)19-7-6-18(28-19)17-10-13(11-26-20(17)29-9-8-15(30)12-29)21(31)27-14-2-4-16(5-3-14)34-22(23,24)25/h2-7,10-11,15,28,30H,8-9,12H2,1H3,(H,27,31)/t15-/m1/s1. The number of aromatic nitrogens is 2. The monoisotopic (exact) mass is 526 g/mol. The van der Waals surface area contributed by atoms with Crippen molar-refractivity contribution in [3.63, 3.8) is 0 Å². The molecule has 186 valence electrons. The van der Waals surface area contributed by atoms with Crippen LogP contribution in [0.1, 0.15) is 16.8 Å². The number of H-pyrrole nitrogens is 1. The molecule has 0 radical (unpaired) electrons. The first kappa shape index (κ1) is 24.9. The number of pyridine rings is 1. The van der Waals surface area contributed by atoms with Crippen LogP contribution in [0.4, 0.5) is 20.3 Å². The molecular weight excluding hydrogens is 506 g/mol. The van der Waals surface area contributed by atoms with E-state index in [2.05, 4.69) is 20.0 Å². The van der Waals surface area contributed by atoms with Crippen LogP contribution in [0.5, 0.6) is 5.75 Å². The van der Waals surface area contributed by atoms with E-state index in [1.54, 1.807) is 12.1 Å². The lowest BCUT2D eigenvalue weighted by atomic mass is 10.1. The summed E-state index contributed by atoms with van der Waals surface area (Å²) in [4.78, 5) is 22.0. The number of amides is 1. The molecule has 3 N–H and O–H groups in total. The molecule has 1 saturated heterocycles. The molecule has 1 amide bonds. The summed E-state index contributed by atoms with van der Waals surface area (Å²) >= 11 is 4.75. The average Bonchev–Trinajstić information content (AvgIpc) is 3.43. The molecule has 1 aliphatic heterocycles. The van der Waals surface area contributed by atoms with E-state index in [0.717, 1.165) is 6.26 Å². The van der Waals surface area contributed by atoms with Crippen molar-refractivity contribution in [1.29, 1.82) is 0 Å². The maximum absolute atomic E-state index is 12.9. The molecule has 2 aromatic heterocycles. The van der Waals surface area contributed by atoms with E-state index < -0.39 is 27.4 Å². The minimum absolute atomic E-state index is 0.0135. The molecule has 3 aromatic rings. The number of β-amino-alcohol motifs (C(OH)–C–C–N with tert-alkyl or cyclic N) is 1. The second kappa shape index (κ2) is 9.44. The van der Waals surface area contributed by atoms with E-state index >= 15 is 0 Å². The van der Waals surface area contributed by atoms with E-state index in [0.29, 0.717) is 42.3 Å². The first-order chi connectivity index (χ1) is 16.4. The van der Waals surface area contributed by atoms with Gasteiger partial charge in [-0.2, -0.15) is 0 Å². The number of carbonyl (C=O) groups excluding carboxylic acids is 1. The Morgan fingerprint density at radius 1 is 1.29 bits per heavy atom. The predicted molar refractivity (Wildman–Crippen MR) is 126 cm³/mol. The van der Waals surface area contributed by atoms with Gasteiger partial charge in [0.2, 0.25) is 0 Å². The van der Waals surface area contributed by atoms with Crippen molar-refractivity contribution < 1.29 is 31.8 Å². The summed E-state index contributed by atoms with van der Waals surface area (Å²) in [6.45, 7) is 0.892. The SMILES string of the molecule is CS(=O)(=O)c1ccc(-c2cc(C(=O)Nc3ccc(OC(F)(F)Cl)cc3)cnc2N2CC[C@@H](O)C2)[nH]1. The smallest absolute Gasteiger partial charge is 0.420 e. The molecule has 0 bridgehead atoms. The molecule has 1 fully saturated rings. The number of carbonyl (C=O) groups is 1. The van der Waals surface area contributed by atoms with Crippen molar-refractivity contribution in [2.45, 2.75) is 23.1 Å². The molecule has 3 heterocycles. The summed E-state index contributed by atoms with van der Waals surface area (Å²) in [7, 11) is -3.49. The minimum atomic E-state index is -3.85. The molecule has 0 aliphatic carbocycles. The van der Waals surface area contributed by atoms with Crippen LogP contribution in [0.15, 0.2) is 53.7 Å². The second-order valence-corrected chi connectivity index (χ2v) is 10.4. The van der Waals surface area contributed by atoms with Gasteiger partial charge in [-0.15, -0.1) is 8.78 Å². The zero-order chi connectivity index (χ0) is 25.4. The van der Waals surface area contributed by atoms with Crippen LogP contribution in [-0.4, -0.2) is 60.4 Å².